The second-order valence-corrected chi connectivity index (χ2v) is 7.24. The number of aromatic nitrogens is 2. The molecule has 0 spiro atoms. The fourth-order valence-corrected chi connectivity index (χ4v) is 3.54. The molecular weight excluding hydrogens is 342 g/mol. The molecule has 0 unspecified atom stereocenters. The maximum Gasteiger partial charge on any atom is 0.249 e. The lowest BCUT2D eigenvalue weighted by molar-refractivity contribution is -0.687. The highest BCUT2D eigenvalue weighted by Crippen LogP contribution is 2.23. The summed E-state index contributed by atoms with van der Waals surface area (Å²) in [4.78, 5) is 12.2. The predicted octanol–water partition coefficient (Wildman–Crippen LogP) is 3.99. The molecule has 1 aromatic heterocycles. The van der Waals surface area contributed by atoms with Gasteiger partial charge in [-0.15, -0.1) is 12.6 Å². The maximum atomic E-state index is 11.3. The molecule has 0 aliphatic rings. The van der Waals surface area contributed by atoms with Gasteiger partial charge in [-0.3, -0.25) is 4.79 Å². The number of carbonyl (C=O) groups is 1. The standard InChI is InChI=1S/C21H23N3OS/c1-14-9-15(2)19(16(3)10-14)12-23-7-8-24(13-23)20-11-18(22-17(4)25)5-6-21(20)26/h5-11,13H,12H2,1-4H3,(H-,22,25,26)/p+1. The molecule has 0 bridgehead atoms. The molecule has 0 saturated carbocycles. The van der Waals surface area contributed by atoms with Gasteiger partial charge in [0.25, 0.3) is 0 Å². The van der Waals surface area contributed by atoms with Gasteiger partial charge in [-0.05, 0) is 49.6 Å². The van der Waals surface area contributed by atoms with E-state index < -0.39 is 0 Å². The van der Waals surface area contributed by atoms with Gasteiger partial charge in [-0.25, -0.2) is 9.13 Å². The van der Waals surface area contributed by atoms with E-state index in [0.717, 1.165) is 22.8 Å². The number of carbonyl (C=O) groups excluding carboxylic acids is 1. The van der Waals surface area contributed by atoms with Crippen LogP contribution in [-0.4, -0.2) is 10.5 Å². The van der Waals surface area contributed by atoms with E-state index in [1.54, 1.807) is 0 Å². The van der Waals surface area contributed by atoms with Gasteiger partial charge < -0.3 is 5.32 Å². The Morgan fingerprint density at radius 2 is 1.85 bits per heavy atom. The Bertz CT molecular complexity index is 952. The zero-order valence-electron chi connectivity index (χ0n) is 15.6. The summed E-state index contributed by atoms with van der Waals surface area (Å²) < 4.78 is 4.18. The van der Waals surface area contributed by atoms with Crippen molar-refractivity contribution in [2.45, 2.75) is 39.1 Å². The number of aryl methyl sites for hydroxylation is 3. The maximum absolute atomic E-state index is 11.3. The molecule has 0 radical (unpaired) electrons. The Morgan fingerprint density at radius 3 is 2.50 bits per heavy atom. The van der Waals surface area contributed by atoms with E-state index in [-0.39, 0.29) is 5.91 Å². The van der Waals surface area contributed by atoms with Crippen LogP contribution in [0.15, 0.2) is 53.9 Å². The van der Waals surface area contributed by atoms with Crippen molar-refractivity contribution in [2.75, 3.05) is 5.32 Å². The summed E-state index contributed by atoms with van der Waals surface area (Å²) in [6.07, 6.45) is 6.10. The van der Waals surface area contributed by atoms with E-state index in [9.17, 15) is 4.79 Å². The van der Waals surface area contributed by atoms with Crippen molar-refractivity contribution in [3.63, 3.8) is 0 Å². The molecule has 2 aromatic carbocycles. The van der Waals surface area contributed by atoms with Gasteiger partial charge in [0, 0.05) is 18.7 Å². The third kappa shape index (κ3) is 3.99. The van der Waals surface area contributed by atoms with Gasteiger partial charge in [0.1, 0.15) is 24.6 Å². The number of hydrogen-bond donors (Lipinski definition) is 2. The first-order chi connectivity index (χ1) is 12.3. The van der Waals surface area contributed by atoms with Crippen LogP contribution in [0.4, 0.5) is 5.69 Å². The van der Waals surface area contributed by atoms with Crippen molar-refractivity contribution in [1.29, 1.82) is 0 Å². The van der Waals surface area contributed by atoms with Crippen molar-refractivity contribution >= 4 is 24.2 Å². The average Bonchev–Trinajstić information content (AvgIpc) is 3.00. The van der Waals surface area contributed by atoms with E-state index >= 15 is 0 Å². The second-order valence-electron chi connectivity index (χ2n) is 6.76. The van der Waals surface area contributed by atoms with Gasteiger partial charge in [-0.2, -0.15) is 0 Å². The van der Waals surface area contributed by atoms with E-state index in [4.69, 9.17) is 0 Å². The van der Waals surface area contributed by atoms with Gasteiger partial charge in [0.15, 0.2) is 0 Å². The van der Waals surface area contributed by atoms with Crippen molar-refractivity contribution < 1.29 is 9.36 Å². The molecule has 1 heterocycles. The fraction of sp³-hybridized carbons (Fsp3) is 0.238. The topological polar surface area (TPSA) is 37.9 Å². The van der Waals surface area contributed by atoms with Crippen LogP contribution in [0.5, 0.6) is 0 Å². The minimum Gasteiger partial charge on any atom is -0.326 e. The van der Waals surface area contributed by atoms with Crippen molar-refractivity contribution in [2.24, 2.45) is 0 Å². The SMILES string of the molecule is CC(=O)Nc1ccc(S)c(-n2cc[n+](Cc3c(C)cc(C)cc3C)c2)c1. The number of nitrogens with one attached hydrogen (secondary N) is 1. The molecule has 1 amide bonds. The van der Waals surface area contributed by atoms with Crippen molar-refractivity contribution in [1.82, 2.24) is 4.57 Å². The quantitative estimate of drug-likeness (QED) is 0.532. The number of imidazole rings is 1. The molecular formula is C21H24N3OS+. The molecule has 0 atom stereocenters. The number of rotatable bonds is 4. The molecule has 3 aromatic rings. The van der Waals surface area contributed by atoms with Crippen LogP contribution in [0.1, 0.15) is 29.2 Å². The van der Waals surface area contributed by atoms with Gasteiger partial charge in [0.05, 0.1) is 4.90 Å². The highest BCUT2D eigenvalue weighted by molar-refractivity contribution is 7.80. The van der Waals surface area contributed by atoms with E-state index in [1.807, 2.05) is 35.3 Å². The van der Waals surface area contributed by atoms with E-state index in [2.05, 4.69) is 61.6 Å². The largest absolute Gasteiger partial charge is 0.326 e. The Balaban J connectivity index is 1.90. The first-order valence-corrected chi connectivity index (χ1v) is 9.03. The summed E-state index contributed by atoms with van der Waals surface area (Å²) in [5.74, 6) is -0.0873. The molecule has 0 aliphatic heterocycles. The van der Waals surface area contributed by atoms with Crippen LogP contribution >= 0.6 is 12.6 Å². The highest BCUT2D eigenvalue weighted by atomic mass is 32.1. The third-order valence-electron chi connectivity index (χ3n) is 4.45. The summed E-state index contributed by atoms with van der Waals surface area (Å²) in [6, 6.07) is 10.1. The number of hydrogen-bond acceptors (Lipinski definition) is 2. The van der Waals surface area contributed by atoms with E-state index in [1.165, 1.54) is 29.2 Å². The predicted molar refractivity (Wildman–Crippen MR) is 107 cm³/mol. The lowest BCUT2D eigenvalue weighted by atomic mass is 10.00. The fourth-order valence-electron chi connectivity index (χ4n) is 3.28. The second kappa shape index (κ2) is 7.38. The van der Waals surface area contributed by atoms with Gasteiger partial charge in [0.2, 0.25) is 12.2 Å². The van der Waals surface area contributed by atoms with Crippen LogP contribution in [0, 0.1) is 20.8 Å². The number of anilines is 1. The van der Waals surface area contributed by atoms with Gasteiger partial charge in [-0.1, -0.05) is 17.7 Å². The molecule has 5 heteroatoms. The van der Waals surface area contributed by atoms with Crippen LogP contribution in [-0.2, 0) is 11.3 Å². The van der Waals surface area contributed by atoms with Crippen LogP contribution in [0.25, 0.3) is 5.69 Å². The summed E-state index contributed by atoms with van der Waals surface area (Å²) in [6.45, 7) is 8.78. The Hall–Kier alpha value is -2.53. The van der Waals surface area contributed by atoms with Gasteiger partial charge >= 0.3 is 0 Å². The lowest BCUT2D eigenvalue weighted by Crippen LogP contribution is -2.32. The molecule has 0 fully saturated rings. The lowest BCUT2D eigenvalue weighted by Gasteiger charge is -2.09. The summed E-state index contributed by atoms with van der Waals surface area (Å²) >= 11 is 4.56. The molecule has 26 heavy (non-hydrogen) atoms. The monoisotopic (exact) mass is 366 g/mol. The minimum atomic E-state index is -0.0873. The zero-order chi connectivity index (χ0) is 18.8. The highest BCUT2D eigenvalue weighted by Gasteiger charge is 2.13. The Labute approximate surface area is 159 Å². The zero-order valence-corrected chi connectivity index (χ0v) is 16.5. The molecule has 134 valence electrons. The molecule has 0 saturated heterocycles. The first kappa shape index (κ1) is 18.3. The summed E-state index contributed by atoms with van der Waals surface area (Å²) in [7, 11) is 0. The normalized spacial score (nSPS) is 10.8. The van der Waals surface area contributed by atoms with Crippen molar-refractivity contribution in [3.8, 4) is 5.69 Å². The van der Waals surface area contributed by atoms with E-state index in [0.29, 0.717) is 0 Å². The molecule has 3 rings (SSSR count). The Kier molecular flexibility index (Phi) is 5.18. The first-order valence-electron chi connectivity index (χ1n) is 8.58. The third-order valence-corrected chi connectivity index (χ3v) is 4.82. The van der Waals surface area contributed by atoms with Crippen LogP contribution in [0.2, 0.25) is 0 Å². The number of amides is 1. The average molecular weight is 367 g/mol. The molecule has 1 N–H and O–H groups in total. The number of thiol groups is 1. The summed E-state index contributed by atoms with van der Waals surface area (Å²) in [5, 5.41) is 2.82. The van der Waals surface area contributed by atoms with Crippen LogP contribution in [0.3, 0.4) is 0 Å². The smallest absolute Gasteiger partial charge is 0.249 e. The summed E-state index contributed by atoms with van der Waals surface area (Å²) in [5.41, 5.74) is 6.94. The minimum absolute atomic E-state index is 0.0873. The molecule has 4 nitrogen and oxygen atoms in total. The molecule has 0 aliphatic carbocycles. The number of nitrogens with zero attached hydrogens (tertiary/aromatic N) is 2. The Morgan fingerprint density at radius 1 is 1.15 bits per heavy atom. The van der Waals surface area contributed by atoms with Crippen LogP contribution < -0.4 is 9.88 Å². The number of benzene rings is 2. The van der Waals surface area contributed by atoms with Crippen molar-refractivity contribution in [3.05, 3.63) is 71.3 Å².